The maximum atomic E-state index is 12.4. The highest BCUT2D eigenvalue weighted by Crippen LogP contribution is 2.30. The summed E-state index contributed by atoms with van der Waals surface area (Å²) in [6.07, 6.45) is 7.86. The van der Waals surface area contributed by atoms with Crippen LogP contribution in [-0.2, 0) is 6.42 Å². The first kappa shape index (κ1) is 14.0. The number of carbonyl (C=O) groups is 1. The summed E-state index contributed by atoms with van der Waals surface area (Å²) < 4.78 is 0. The van der Waals surface area contributed by atoms with E-state index in [2.05, 4.69) is 4.98 Å². The van der Waals surface area contributed by atoms with Gasteiger partial charge in [-0.2, -0.15) is 0 Å². The van der Waals surface area contributed by atoms with E-state index in [0.29, 0.717) is 12.1 Å². The minimum absolute atomic E-state index is 0.0282. The molecule has 1 amide bonds. The van der Waals surface area contributed by atoms with Crippen LogP contribution in [0, 0.1) is 0 Å². The van der Waals surface area contributed by atoms with Crippen molar-refractivity contribution in [3.05, 3.63) is 29.6 Å². The third-order valence-electron chi connectivity index (χ3n) is 3.93. The molecule has 1 fully saturated rings. The van der Waals surface area contributed by atoms with Crippen LogP contribution in [0.4, 0.5) is 0 Å². The Hall–Kier alpha value is -1.42. The maximum Gasteiger partial charge on any atom is 0.254 e. The second-order valence-corrected chi connectivity index (χ2v) is 5.48. The first-order valence-corrected chi connectivity index (χ1v) is 6.96. The molecular weight excluding hydrogens is 240 g/mol. The molecule has 4 nitrogen and oxygen atoms in total. The number of hydrogen-bond donors (Lipinski definition) is 1. The number of hydrogen-bond acceptors (Lipinski definition) is 3. The molecule has 1 aromatic rings. The highest BCUT2D eigenvalue weighted by molar-refractivity contribution is 5.95. The van der Waals surface area contributed by atoms with E-state index in [1.807, 2.05) is 6.92 Å². The van der Waals surface area contributed by atoms with Crippen LogP contribution in [0.15, 0.2) is 18.5 Å². The summed E-state index contributed by atoms with van der Waals surface area (Å²) >= 11 is 0. The Morgan fingerprint density at radius 3 is 2.79 bits per heavy atom. The van der Waals surface area contributed by atoms with E-state index in [9.17, 15) is 9.90 Å². The fraction of sp³-hybridized carbons (Fsp3) is 0.600. The number of amides is 1. The van der Waals surface area contributed by atoms with Crippen LogP contribution in [0.3, 0.4) is 0 Å². The van der Waals surface area contributed by atoms with Crippen LogP contribution in [-0.4, -0.2) is 40.1 Å². The molecule has 1 aliphatic rings. The SMILES string of the molecule is CCc1cnccc1C(=O)N(C)CC1(O)CCCC1. The quantitative estimate of drug-likeness (QED) is 0.903. The van der Waals surface area contributed by atoms with E-state index in [-0.39, 0.29) is 5.91 Å². The Labute approximate surface area is 114 Å². The molecule has 4 heteroatoms. The predicted octanol–water partition coefficient (Wildman–Crippen LogP) is 2.02. The number of pyridine rings is 1. The van der Waals surface area contributed by atoms with Gasteiger partial charge in [0.1, 0.15) is 0 Å². The van der Waals surface area contributed by atoms with Gasteiger partial charge in [-0.3, -0.25) is 9.78 Å². The van der Waals surface area contributed by atoms with Gasteiger partial charge in [0, 0.05) is 31.5 Å². The smallest absolute Gasteiger partial charge is 0.254 e. The maximum absolute atomic E-state index is 12.4. The van der Waals surface area contributed by atoms with Gasteiger partial charge in [0.25, 0.3) is 5.91 Å². The summed E-state index contributed by atoms with van der Waals surface area (Å²) in [7, 11) is 1.76. The lowest BCUT2D eigenvalue weighted by Gasteiger charge is -2.29. The van der Waals surface area contributed by atoms with Crippen LogP contribution >= 0.6 is 0 Å². The Morgan fingerprint density at radius 2 is 2.16 bits per heavy atom. The largest absolute Gasteiger partial charge is 0.388 e. The first-order valence-electron chi connectivity index (χ1n) is 6.96. The third-order valence-corrected chi connectivity index (χ3v) is 3.93. The molecule has 2 rings (SSSR count). The number of aliphatic hydroxyl groups is 1. The van der Waals surface area contributed by atoms with Crippen molar-refractivity contribution in [2.45, 2.75) is 44.6 Å². The van der Waals surface area contributed by atoms with Gasteiger partial charge in [-0.1, -0.05) is 19.8 Å². The molecule has 1 aromatic heterocycles. The molecule has 1 aliphatic carbocycles. The topological polar surface area (TPSA) is 53.4 Å². The zero-order chi connectivity index (χ0) is 13.9. The molecule has 104 valence electrons. The first-order chi connectivity index (χ1) is 9.06. The van der Waals surface area contributed by atoms with Crippen molar-refractivity contribution >= 4 is 5.91 Å². The molecule has 0 saturated heterocycles. The summed E-state index contributed by atoms with van der Waals surface area (Å²) in [5.41, 5.74) is 0.962. The van der Waals surface area contributed by atoms with E-state index < -0.39 is 5.60 Å². The van der Waals surface area contributed by atoms with Crippen molar-refractivity contribution in [3.63, 3.8) is 0 Å². The van der Waals surface area contributed by atoms with Gasteiger partial charge in [-0.05, 0) is 30.9 Å². The summed E-state index contributed by atoms with van der Waals surface area (Å²) in [6, 6.07) is 1.76. The Morgan fingerprint density at radius 1 is 1.47 bits per heavy atom. The number of aromatic nitrogens is 1. The highest BCUT2D eigenvalue weighted by Gasteiger charge is 2.33. The van der Waals surface area contributed by atoms with Gasteiger partial charge in [-0.25, -0.2) is 0 Å². The minimum Gasteiger partial charge on any atom is -0.388 e. The van der Waals surface area contributed by atoms with Crippen molar-refractivity contribution in [1.29, 1.82) is 0 Å². The summed E-state index contributed by atoms with van der Waals surface area (Å²) in [4.78, 5) is 18.1. The van der Waals surface area contributed by atoms with Gasteiger partial charge in [0.2, 0.25) is 0 Å². The molecule has 0 atom stereocenters. The van der Waals surface area contributed by atoms with Crippen LogP contribution in [0.5, 0.6) is 0 Å². The molecule has 1 N–H and O–H groups in total. The minimum atomic E-state index is -0.691. The van der Waals surface area contributed by atoms with Crippen molar-refractivity contribution < 1.29 is 9.90 Å². The lowest BCUT2D eigenvalue weighted by Crippen LogP contribution is -2.42. The number of rotatable bonds is 4. The molecular formula is C15H22N2O2. The molecule has 0 unspecified atom stereocenters. The molecule has 0 aliphatic heterocycles. The molecule has 1 heterocycles. The molecule has 0 spiro atoms. The van der Waals surface area contributed by atoms with Crippen molar-refractivity contribution in [3.8, 4) is 0 Å². The highest BCUT2D eigenvalue weighted by atomic mass is 16.3. The van der Waals surface area contributed by atoms with E-state index in [1.165, 1.54) is 0 Å². The monoisotopic (exact) mass is 262 g/mol. The number of carbonyl (C=O) groups excluding carboxylic acids is 1. The van der Waals surface area contributed by atoms with Gasteiger partial charge in [0.15, 0.2) is 0 Å². The number of nitrogens with zero attached hydrogens (tertiary/aromatic N) is 2. The summed E-state index contributed by atoms with van der Waals surface area (Å²) in [5.74, 6) is -0.0282. The average Bonchev–Trinajstić information content (AvgIpc) is 2.84. The van der Waals surface area contributed by atoms with E-state index in [4.69, 9.17) is 0 Å². The number of aryl methyl sites for hydroxylation is 1. The normalized spacial score (nSPS) is 17.4. The van der Waals surface area contributed by atoms with Gasteiger partial charge in [0.05, 0.1) is 5.60 Å². The van der Waals surface area contributed by atoms with Gasteiger partial charge in [-0.15, -0.1) is 0 Å². The second kappa shape index (κ2) is 5.70. The van der Waals surface area contributed by atoms with Crippen molar-refractivity contribution in [1.82, 2.24) is 9.88 Å². The van der Waals surface area contributed by atoms with Crippen LogP contribution in [0.1, 0.15) is 48.5 Å². The fourth-order valence-corrected chi connectivity index (χ4v) is 2.83. The predicted molar refractivity (Wildman–Crippen MR) is 74.0 cm³/mol. The Kier molecular flexibility index (Phi) is 4.20. The van der Waals surface area contributed by atoms with Crippen molar-refractivity contribution in [2.24, 2.45) is 0 Å². The lowest BCUT2D eigenvalue weighted by molar-refractivity contribution is 0.0156. The second-order valence-electron chi connectivity index (χ2n) is 5.48. The van der Waals surface area contributed by atoms with E-state index >= 15 is 0 Å². The van der Waals surface area contributed by atoms with E-state index in [1.54, 1.807) is 30.4 Å². The van der Waals surface area contributed by atoms with Crippen LogP contribution < -0.4 is 0 Å². The third kappa shape index (κ3) is 3.13. The molecule has 0 radical (unpaired) electrons. The summed E-state index contributed by atoms with van der Waals surface area (Å²) in [5, 5.41) is 10.4. The number of likely N-dealkylation sites (N-methyl/N-ethyl adjacent to an activating group) is 1. The van der Waals surface area contributed by atoms with Crippen LogP contribution in [0.25, 0.3) is 0 Å². The standard InChI is InChI=1S/C15H22N2O2/c1-3-12-10-16-9-6-13(12)14(18)17(2)11-15(19)7-4-5-8-15/h6,9-10,19H,3-5,7-8,11H2,1-2H3. The zero-order valence-corrected chi connectivity index (χ0v) is 11.7. The average molecular weight is 262 g/mol. The zero-order valence-electron chi connectivity index (χ0n) is 11.7. The van der Waals surface area contributed by atoms with Crippen molar-refractivity contribution in [2.75, 3.05) is 13.6 Å². The van der Waals surface area contributed by atoms with Gasteiger partial charge < -0.3 is 10.0 Å². The van der Waals surface area contributed by atoms with E-state index in [0.717, 1.165) is 37.7 Å². The summed E-state index contributed by atoms with van der Waals surface area (Å²) in [6.45, 7) is 2.43. The molecule has 19 heavy (non-hydrogen) atoms. The Bertz CT molecular complexity index is 453. The molecule has 0 aromatic carbocycles. The Balaban J connectivity index is 2.10. The lowest BCUT2D eigenvalue weighted by atomic mass is 10.0. The molecule has 1 saturated carbocycles. The van der Waals surface area contributed by atoms with Gasteiger partial charge >= 0.3 is 0 Å². The van der Waals surface area contributed by atoms with Crippen LogP contribution in [0.2, 0.25) is 0 Å². The fourth-order valence-electron chi connectivity index (χ4n) is 2.83. The molecule has 0 bridgehead atoms.